The molecule has 0 saturated carbocycles. The number of hydrogen-bond acceptors (Lipinski definition) is 3. The van der Waals surface area contributed by atoms with E-state index < -0.39 is 5.79 Å². The first-order chi connectivity index (χ1) is 7.57. The van der Waals surface area contributed by atoms with Crippen LogP contribution in [0.1, 0.15) is 23.6 Å². The summed E-state index contributed by atoms with van der Waals surface area (Å²) in [7, 11) is 1.67. The molecule has 0 atom stereocenters. The van der Waals surface area contributed by atoms with Gasteiger partial charge in [-0.05, 0) is 44.0 Å². The van der Waals surface area contributed by atoms with E-state index >= 15 is 0 Å². The zero-order valence-electron chi connectivity index (χ0n) is 10.3. The first kappa shape index (κ1) is 11.4. The Morgan fingerprint density at radius 1 is 1.12 bits per heavy atom. The Hall–Kier alpha value is -1.06. The van der Waals surface area contributed by atoms with E-state index in [0.717, 1.165) is 11.3 Å². The summed E-state index contributed by atoms with van der Waals surface area (Å²) < 4.78 is 16.7. The molecule has 0 bridgehead atoms. The molecule has 1 aromatic rings. The van der Waals surface area contributed by atoms with Gasteiger partial charge in [0.05, 0.1) is 25.9 Å². The normalized spacial score (nSPS) is 18.8. The van der Waals surface area contributed by atoms with E-state index in [1.807, 2.05) is 13.0 Å². The standard InChI is InChI=1S/C13H18O3/c1-9-7-11(12(14-4)8-10(9)2)13(3)15-5-6-16-13/h7-8H,5-6H2,1-4H3. The van der Waals surface area contributed by atoms with Crippen molar-refractivity contribution in [2.24, 2.45) is 0 Å². The second kappa shape index (κ2) is 4.07. The van der Waals surface area contributed by atoms with Crippen molar-refractivity contribution in [2.45, 2.75) is 26.6 Å². The van der Waals surface area contributed by atoms with Gasteiger partial charge >= 0.3 is 0 Å². The molecule has 1 aliphatic rings. The number of rotatable bonds is 2. The predicted octanol–water partition coefficient (Wildman–Crippen LogP) is 2.53. The van der Waals surface area contributed by atoms with Crippen LogP contribution in [0.2, 0.25) is 0 Å². The Labute approximate surface area is 96.3 Å². The van der Waals surface area contributed by atoms with Crippen molar-refractivity contribution in [1.82, 2.24) is 0 Å². The molecule has 0 radical (unpaired) electrons. The Bertz CT molecular complexity index is 392. The zero-order valence-corrected chi connectivity index (χ0v) is 10.3. The minimum atomic E-state index is -0.663. The van der Waals surface area contributed by atoms with E-state index in [-0.39, 0.29) is 0 Å². The lowest BCUT2D eigenvalue weighted by atomic mass is 10.00. The molecule has 3 nitrogen and oxygen atoms in total. The molecule has 1 heterocycles. The van der Waals surface area contributed by atoms with E-state index in [4.69, 9.17) is 14.2 Å². The molecule has 0 spiro atoms. The topological polar surface area (TPSA) is 27.7 Å². The van der Waals surface area contributed by atoms with Gasteiger partial charge in [-0.2, -0.15) is 0 Å². The maximum atomic E-state index is 5.66. The molecular formula is C13H18O3. The second-order valence-electron chi connectivity index (χ2n) is 4.28. The molecule has 1 fully saturated rings. The van der Waals surface area contributed by atoms with Gasteiger partial charge in [-0.3, -0.25) is 0 Å². The monoisotopic (exact) mass is 222 g/mol. The fourth-order valence-electron chi connectivity index (χ4n) is 1.98. The average molecular weight is 222 g/mol. The van der Waals surface area contributed by atoms with Crippen molar-refractivity contribution >= 4 is 0 Å². The highest BCUT2D eigenvalue weighted by molar-refractivity contribution is 5.44. The van der Waals surface area contributed by atoms with Gasteiger partial charge in [0, 0.05) is 0 Å². The van der Waals surface area contributed by atoms with Gasteiger partial charge in [0.25, 0.3) is 0 Å². The molecule has 3 heteroatoms. The number of methoxy groups -OCH3 is 1. The molecule has 1 aliphatic heterocycles. The number of benzene rings is 1. The van der Waals surface area contributed by atoms with Crippen molar-refractivity contribution in [2.75, 3.05) is 20.3 Å². The maximum Gasteiger partial charge on any atom is 0.195 e. The minimum absolute atomic E-state index is 0.632. The Kier molecular flexibility index (Phi) is 2.91. The number of ether oxygens (including phenoxy) is 3. The summed E-state index contributed by atoms with van der Waals surface area (Å²) in [5.74, 6) is 0.163. The predicted molar refractivity (Wildman–Crippen MR) is 61.7 cm³/mol. The third kappa shape index (κ3) is 1.81. The Morgan fingerprint density at radius 2 is 1.69 bits per heavy atom. The minimum Gasteiger partial charge on any atom is -0.496 e. The van der Waals surface area contributed by atoms with Crippen molar-refractivity contribution in [3.8, 4) is 5.75 Å². The van der Waals surface area contributed by atoms with Gasteiger partial charge < -0.3 is 14.2 Å². The van der Waals surface area contributed by atoms with Crippen LogP contribution in [0.4, 0.5) is 0 Å². The highest BCUT2D eigenvalue weighted by Crippen LogP contribution is 2.38. The summed E-state index contributed by atoms with van der Waals surface area (Å²) in [6.07, 6.45) is 0. The fourth-order valence-corrected chi connectivity index (χ4v) is 1.98. The van der Waals surface area contributed by atoms with Crippen LogP contribution in [0.25, 0.3) is 0 Å². The van der Waals surface area contributed by atoms with Crippen LogP contribution in [0.15, 0.2) is 12.1 Å². The zero-order chi connectivity index (χ0) is 11.8. The van der Waals surface area contributed by atoms with Crippen LogP contribution >= 0.6 is 0 Å². The fraction of sp³-hybridized carbons (Fsp3) is 0.538. The highest BCUT2D eigenvalue weighted by atomic mass is 16.7. The summed E-state index contributed by atoms with van der Waals surface area (Å²) in [5.41, 5.74) is 3.40. The first-order valence-electron chi connectivity index (χ1n) is 5.50. The molecule has 0 N–H and O–H groups in total. The smallest absolute Gasteiger partial charge is 0.195 e. The Morgan fingerprint density at radius 3 is 2.25 bits per heavy atom. The third-order valence-corrected chi connectivity index (χ3v) is 3.14. The van der Waals surface area contributed by atoms with Crippen LogP contribution in [0.3, 0.4) is 0 Å². The highest BCUT2D eigenvalue weighted by Gasteiger charge is 2.36. The average Bonchev–Trinajstić information content (AvgIpc) is 2.69. The van der Waals surface area contributed by atoms with Gasteiger partial charge in [-0.1, -0.05) is 0 Å². The van der Waals surface area contributed by atoms with Gasteiger partial charge in [0.15, 0.2) is 5.79 Å². The quantitative estimate of drug-likeness (QED) is 0.769. The molecule has 0 aromatic heterocycles. The Balaban J connectivity index is 2.50. The van der Waals surface area contributed by atoms with E-state index in [2.05, 4.69) is 19.9 Å². The number of aryl methyl sites for hydroxylation is 2. The molecule has 0 amide bonds. The van der Waals surface area contributed by atoms with Gasteiger partial charge in [0.1, 0.15) is 5.75 Å². The molecule has 2 rings (SSSR count). The largest absolute Gasteiger partial charge is 0.496 e. The molecule has 16 heavy (non-hydrogen) atoms. The van der Waals surface area contributed by atoms with Crippen LogP contribution in [-0.4, -0.2) is 20.3 Å². The second-order valence-corrected chi connectivity index (χ2v) is 4.28. The molecule has 1 aromatic carbocycles. The lowest BCUT2D eigenvalue weighted by Crippen LogP contribution is -2.23. The van der Waals surface area contributed by atoms with Crippen LogP contribution in [0.5, 0.6) is 5.75 Å². The van der Waals surface area contributed by atoms with Gasteiger partial charge in [-0.15, -0.1) is 0 Å². The number of hydrogen-bond donors (Lipinski definition) is 0. The van der Waals surface area contributed by atoms with Crippen molar-refractivity contribution in [1.29, 1.82) is 0 Å². The third-order valence-electron chi connectivity index (χ3n) is 3.14. The summed E-state index contributed by atoms with van der Waals surface area (Å²) in [5, 5.41) is 0. The molecule has 88 valence electrons. The van der Waals surface area contributed by atoms with Crippen LogP contribution in [0, 0.1) is 13.8 Å². The van der Waals surface area contributed by atoms with E-state index in [9.17, 15) is 0 Å². The van der Waals surface area contributed by atoms with Crippen molar-refractivity contribution in [3.05, 3.63) is 28.8 Å². The first-order valence-corrected chi connectivity index (χ1v) is 5.50. The lowest BCUT2D eigenvalue weighted by Gasteiger charge is -2.25. The van der Waals surface area contributed by atoms with Crippen molar-refractivity contribution < 1.29 is 14.2 Å². The molecule has 1 saturated heterocycles. The summed E-state index contributed by atoms with van der Waals surface area (Å²) >= 11 is 0. The molecular weight excluding hydrogens is 204 g/mol. The van der Waals surface area contributed by atoms with Crippen LogP contribution < -0.4 is 4.74 Å². The molecule has 0 aliphatic carbocycles. The summed E-state index contributed by atoms with van der Waals surface area (Å²) in [6, 6.07) is 4.11. The molecule has 0 unspecified atom stereocenters. The van der Waals surface area contributed by atoms with E-state index in [0.29, 0.717) is 13.2 Å². The maximum absolute atomic E-state index is 5.66. The SMILES string of the molecule is COc1cc(C)c(C)cc1C1(C)OCCO1. The van der Waals surface area contributed by atoms with Crippen molar-refractivity contribution in [3.63, 3.8) is 0 Å². The summed E-state index contributed by atoms with van der Waals surface area (Å²) in [4.78, 5) is 0. The van der Waals surface area contributed by atoms with Gasteiger partial charge in [0.2, 0.25) is 0 Å². The van der Waals surface area contributed by atoms with Crippen LogP contribution in [-0.2, 0) is 15.3 Å². The van der Waals surface area contributed by atoms with E-state index in [1.165, 1.54) is 11.1 Å². The summed E-state index contributed by atoms with van der Waals surface area (Å²) in [6.45, 7) is 7.35. The lowest BCUT2D eigenvalue weighted by molar-refractivity contribution is -0.150. The van der Waals surface area contributed by atoms with Gasteiger partial charge in [-0.25, -0.2) is 0 Å². The van der Waals surface area contributed by atoms with E-state index in [1.54, 1.807) is 7.11 Å².